The number of para-hydroxylation sites is 2. The third-order valence-corrected chi connectivity index (χ3v) is 7.81. The van der Waals surface area contributed by atoms with Crippen LogP contribution in [0.4, 0.5) is 10.3 Å². The second-order valence-corrected chi connectivity index (χ2v) is 11.0. The van der Waals surface area contributed by atoms with Crippen molar-refractivity contribution in [3.8, 4) is 0 Å². The van der Waals surface area contributed by atoms with Gasteiger partial charge in [0.15, 0.2) is 11.2 Å². The molecule has 12 nitrogen and oxygen atoms in total. The van der Waals surface area contributed by atoms with Gasteiger partial charge in [0.2, 0.25) is 22.1 Å². The third kappa shape index (κ3) is 6.02. The molecule has 0 radical (unpaired) electrons. The van der Waals surface area contributed by atoms with E-state index in [2.05, 4.69) is 41.3 Å². The van der Waals surface area contributed by atoms with Gasteiger partial charge in [-0.05, 0) is 37.1 Å². The topological polar surface area (TPSA) is 162 Å². The molecule has 0 unspecified atom stereocenters. The van der Waals surface area contributed by atoms with Crippen LogP contribution in [0.3, 0.4) is 0 Å². The highest BCUT2D eigenvalue weighted by molar-refractivity contribution is 7.15. The number of amides is 2. The molecule has 4 heterocycles. The molecule has 0 saturated heterocycles. The summed E-state index contributed by atoms with van der Waals surface area (Å²) in [6.45, 7) is 0. The first-order valence-electron chi connectivity index (χ1n) is 12.5. The number of anilines is 2. The van der Waals surface area contributed by atoms with Gasteiger partial charge in [-0.2, -0.15) is 0 Å². The molecule has 2 amide bonds. The maximum absolute atomic E-state index is 12.5. The van der Waals surface area contributed by atoms with Crippen molar-refractivity contribution in [1.29, 1.82) is 0 Å². The highest BCUT2D eigenvalue weighted by Gasteiger charge is 2.16. The van der Waals surface area contributed by atoms with Gasteiger partial charge in [0.1, 0.15) is 21.4 Å². The number of hydrogen-bond acceptors (Lipinski definition) is 12. The van der Waals surface area contributed by atoms with E-state index in [9.17, 15) is 9.59 Å². The zero-order valence-electron chi connectivity index (χ0n) is 21.0. The van der Waals surface area contributed by atoms with Crippen LogP contribution >= 0.6 is 22.7 Å². The summed E-state index contributed by atoms with van der Waals surface area (Å²) in [6.07, 6.45) is 3.38. The summed E-state index contributed by atoms with van der Waals surface area (Å²) in [4.78, 5) is 24.9. The van der Waals surface area contributed by atoms with Gasteiger partial charge in [-0.1, -0.05) is 57.3 Å². The van der Waals surface area contributed by atoms with Gasteiger partial charge < -0.3 is 19.7 Å². The lowest BCUT2D eigenvalue weighted by Crippen LogP contribution is -2.14. The van der Waals surface area contributed by atoms with Gasteiger partial charge in [-0.15, -0.1) is 20.4 Å². The molecule has 0 spiro atoms. The van der Waals surface area contributed by atoms with Crippen LogP contribution in [0.15, 0.2) is 57.6 Å². The summed E-state index contributed by atoms with van der Waals surface area (Å²) in [5.41, 5.74) is 2.46. The van der Waals surface area contributed by atoms with Crippen molar-refractivity contribution >= 4 is 66.7 Å². The van der Waals surface area contributed by atoms with Crippen LogP contribution in [-0.4, -0.2) is 42.5 Å². The van der Waals surface area contributed by atoms with E-state index in [0.29, 0.717) is 32.8 Å². The molecule has 2 aromatic carbocycles. The minimum absolute atomic E-state index is 0.0906. The Balaban J connectivity index is 0.923. The van der Waals surface area contributed by atoms with Crippen LogP contribution in [-0.2, 0) is 35.3 Å². The SMILES string of the molecule is O=C(Cc1noc2ccccc12)Nc1nnc(CCCCc2nnc(NC(=O)Cc3noc4ccccc34)s2)s1. The molecule has 14 heteroatoms. The number of carbonyl (C=O) groups is 2. The number of fused-ring (bicyclic) bond motifs is 2. The van der Waals surface area contributed by atoms with E-state index in [4.69, 9.17) is 9.05 Å². The standard InChI is InChI=1S/C26H22N8O4S2/c35-21(13-17-15-7-1-3-9-19(15)37-33-17)27-25-31-29-23(39-25)11-5-6-12-24-30-32-26(40-24)28-22(36)14-18-16-8-2-4-10-20(16)38-34-18/h1-4,7-10H,5-6,11-14H2,(H,27,31,35)(H,28,32,36). The number of hydrogen-bond donors (Lipinski definition) is 2. The Bertz CT molecular complexity index is 1660. The van der Waals surface area contributed by atoms with E-state index < -0.39 is 0 Å². The van der Waals surface area contributed by atoms with Crippen LogP contribution < -0.4 is 10.6 Å². The molecule has 40 heavy (non-hydrogen) atoms. The number of aromatic nitrogens is 6. The molecule has 0 aliphatic carbocycles. The van der Waals surface area contributed by atoms with E-state index in [1.54, 1.807) is 0 Å². The Morgan fingerprint density at radius 1 is 0.650 bits per heavy atom. The number of rotatable bonds is 11. The van der Waals surface area contributed by atoms with Gasteiger partial charge in [-0.3, -0.25) is 9.59 Å². The lowest BCUT2D eigenvalue weighted by atomic mass is 10.2. The fourth-order valence-electron chi connectivity index (χ4n) is 4.13. The molecule has 0 fully saturated rings. The van der Waals surface area contributed by atoms with Gasteiger partial charge in [-0.25, -0.2) is 0 Å². The predicted molar refractivity (Wildman–Crippen MR) is 149 cm³/mol. The largest absolute Gasteiger partial charge is 0.356 e. The molecule has 0 saturated carbocycles. The summed E-state index contributed by atoms with van der Waals surface area (Å²) in [6, 6.07) is 14.8. The molecule has 4 aromatic heterocycles. The summed E-state index contributed by atoms with van der Waals surface area (Å²) in [5.74, 6) is -0.453. The second-order valence-electron chi connectivity index (χ2n) is 8.91. The van der Waals surface area contributed by atoms with Crippen LogP contribution in [0.2, 0.25) is 0 Å². The Hall–Kier alpha value is -4.56. The zero-order valence-corrected chi connectivity index (χ0v) is 22.6. The van der Waals surface area contributed by atoms with Gasteiger partial charge in [0.25, 0.3) is 0 Å². The zero-order chi connectivity index (χ0) is 27.3. The van der Waals surface area contributed by atoms with Gasteiger partial charge in [0.05, 0.1) is 12.8 Å². The van der Waals surface area contributed by atoms with E-state index in [0.717, 1.165) is 46.5 Å². The Morgan fingerprint density at radius 3 is 1.57 bits per heavy atom. The minimum Gasteiger partial charge on any atom is -0.356 e. The molecule has 0 aliphatic rings. The molecule has 2 N–H and O–H groups in total. The average molecular weight is 575 g/mol. The number of aryl methyl sites for hydroxylation is 2. The van der Waals surface area contributed by atoms with E-state index in [1.807, 2.05) is 48.5 Å². The maximum Gasteiger partial charge on any atom is 0.232 e. The molecule has 0 bridgehead atoms. The van der Waals surface area contributed by atoms with Crippen molar-refractivity contribution < 1.29 is 18.6 Å². The summed E-state index contributed by atoms with van der Waals surface area (Å²) in [5, 5.41) is 34.3. The first-order chi connectivity index (χ1) is 19.6. The quantitative estimate of drug-likeness (QED) is 0.209. The van der Waals surface area contributed by atoms with Crippen LogP contribution in [0, 0.1) is 0 Å². The highest BCUT2D eigenvalue weighted by Crippen LogP contribution is 2.23. The first-order valence-corrected chi connectivity index (χ1v) is 14.1. The van der Waals surface area contributed by atoms with Crippen molar-refractivity contribution in [1.82, 2.24) is 30.7 Å². The Morgan fingerprint density at radius 2 is 1.10 bits per heavy atom. The summed E-state index contributed by atoms with van der Waals surface area (Å²) >= 11 is 2.71. The number of carbonyl (C=O) groups excluding carboxylic acids is 2. The number of benzene rings is 2. The molecular weight excluding hydrogens is 552 g/mol. The smallest absolute Gasteiger partial charge is 0.232 e. The van der Waals surface area contributed by atoms with Crippen LogP contribution in [0.5, 0.6) is 0 Å². The summed E-state index contributed by atoms with van der Waals surface area (Å²) < 4.78 is 10.5. The van der Waals surface area contributed by atoms with Crippen molar-refractivity contribution in [2.75, 3.05) is 10.6 Å². The van der Waals surface area contributed by atoms with Crippen molar-refractivity contribution in [3.63, 3.8) is 0 Å². The Labute approximate surface area is 234 Å². The number of nitrogens with one attached hydrogen (secondary N) is 2. The van der Waals surface area contributed by atoms with E-state index in [-0.39, 0.29) is 24.7 Å². The van der Waals surface area contributed by atoms with Crippen LogP contribution in [0.1, 0.15) is 34.2 Å². The van der Waals surface area contributed by atoms with Gasteiger partial charge in [0, 0.05) is 23.6 Å². The molecule has 6 aromatic rings. The first kappa shape index (κ1) is 25.7. The lowest BCUT2D eigenvalue weighted by molar-refractivity contribution is -0.116. The Kier molecular flexibility index (Phi) is 7.50. The van der Waals surface area contributed by atoms with Crippen molar-refractivity contribution in [3.05, 3.63) is 69.9 Å². The molecule has 0 atom stereocenters. The number of unbranched alkanes of at least 4 members (excludes halogenated alkanes) is 1. The molecule has 0 aliphatic heterocycles. The highest BCUT2D eigenvalue weighted by atomic mass is 32.1. The fourth-order valence-corrected chi connectivity index (χ4v) is 5.72. The lowest BCUT2D eigenvalue weighted by Gasteiger charge is -1.99. The predicted octanol–water partition coefficient (Wildman–Crippen LogP) is 4.60. The molecule has 6 rings (SSSR count). The maximum atomic E-state index is 12.5. The molecule has 202 valence electrons. The van der Waals surface area contributed by atoms with Gasteiger partial charge >= 0.3 is 0 Å². The second kappa shape index (κ2) is 11.7. The minimum atomic E-state index is -0.227. The third-order valence-electron chi connectivity index (χ3n) is 6.02. The van der Waals surface area contributed by atoms with E-state index >= 15 is 0 Å². The molecular formula is C26H22N8O4S2. The summed E-state index contributed by atoms with van der Waals surface area (Å²) in [7, 11) is 0. The monoisotopic (exact) mass is 574 g/mol. The van der Waals surface area contributed by atoms with Crippen LogP contribution in [0.25, 0.3) is 21.9 Å². The van der Waals surface area contributed by atoms with Crippen molar-refractivity contribution in [2.45, 2.75) is 38.5 Å². The average Bonchev–Trinajstić information content (AvgIpc) is 3.76. The van der Waals surface area contributed by atoms with E-state index in [1.165, 1.54) is 22.7 Å². The normalized spacial score (nSPS) is 11.3. The fraction of sp³-hybridized carbons (Fsp3) is 0.231. The number of nitrogens with zero attached hydrogens (tertiary/aromatic N) is 6. The van der Waals surface area contributed by atoms with Crippen molar-refractivity contribution in [2.24, 2.45) is 0 Å².